The molecule has 18 heteroatoms. The summed E-state index contributed by atoms with van der Waals surface area (Å²) in [5.41, 5.74) is -6.70. The van der Waals surface area contributed by atoms with E-state index in [2.05, 4.69) is 0 Å². The molecule has 1 amide bonds. The standard InChI is InChI=1S/C48H57F2N3O13/c1-24-21-51(15-16-52(24)43(60)64-26(3)63-25(2)54)39-34(49)18-30-38(41(39)61-8)53(28-10-11-28)22-31(40(30)58)42(59)62-23-36(57)48-37(65-44(4,5)66-48)19-33-32-12-9-27-17-29(55)13-14-45(27,6)47(32,50)35(56)20-46(33,48)7/h13-14,17-18,22,24,26,28,32-33,35,37,56H,9-12,15-16,19-21,23H2,1-8H3/t24?,26?,32-,33-,35-,37+,45-,46-,47-,48+/m1/s1. The molecule has 9 rings (SSSR count). The average Bonchev–Trinajstić information content (AvgIpc) is 4.00. The minimum Gasteiger partial charge on any atom is -0.492 e. The quantitative estimate of drug-likeness (QED) is 0.240. The van der Waals surface area contributed by atoms with Crippen LogP contribution in [0.2, 0.25) is 0 Å². The Morgan fingerprint density at radius 1 is 1.05 bits per heavy atom. The fourth-order valence-corrected chi connectivity index (χ4v) is 12.7. The van der Waals surface area contributed by atoms with E-state index in [1.165, 1.54) is 44.2 Å². The van der Waals surface area contributed by atoms with Crippen LogP contribution in [0.25, 0.3) is 10.9 Å². The Bertz CT molecular complexity index is 2570. The van der Waals surface area contributed by atoms with Gasteiger partial charge in [-0.05, 0) is 90.4 Å². The predicted molar refractivity (Wildman–Crippen MR) is 231 cm³/mol. The average molecular weight is 922 g/mol. The van der Waals surface area contributed by atoms with Gasteiger partial charge in [-0.15, -0.1) is 0 Å². The molecule has 356 valence electrons. The fraction of sp³-hybridized carbons (Fsp3) is 0.625. The van der Waals surface area contributed by atoms with Gasteiger partial charge in [0.2, 0.25) is 17.5 Å². The number of halogens is 2. The van der Waals surface area contributed by atoms with Gasteiger partial charge in [-0.2, -0.15) is 0 Å². The van der Waals surface area contributed by atoms with Gasteiger partial charge < -0.3 is 47.9 Å². The topological polar surface area (TPSA) is 189 Å². The number of amides is 1. The lowest BCUT2D eigenvalue weighted by atomic mass is 9.44. The number of hydrogen-bond donors (Lipinski definition) is 1. The Hall–Kier alpha value is -5.20. The van der Waals surface area contributed by atoms with Crippen LogP contribution in [0.15, 0.2) is 40.9 Å². The van der Waals surface area contributed by atoms with Crippen LogP contribution >= 0.6 is 0 Å². The number of aliphatic hydroxyl groups excluding tert-OH is 1. The van der Waals surface area contributed by atoms with Crippen LogP contribution in [0.3, 0.4) is 0 Å². The molecule has 0 spiro atoms. The molecule has 4 saturated carbocycles. The number of hydrogen-bond acceptors (Lipinski definition) is 14. The number of carbonyl (C=O) groups is 5. The smallest absolute Gasteiger partial charge is 0.413 e. The number of nitrogens with zero attached hydrogens (tertiary/aromatic N) is 3. The highest BCUT2D eigenvalue weighted by atomic mass is 19.1. The van der Waals surface area contributed by atoms with Crippen LogP contribution < -0.4 is 15.1 Å². The molecule has 7 aliphatic rings. The number of Topliss-reactive ketones (excluding diaryl/α,β-unsaturated/α-hetero) is 1. The number of methoxy groups -OCH3 is 1. The summed E-state index contributed by atoms with van der Waals surface area (Å²) in [7, 11) is 1.36. The van der Waals surface area contributed by atoms with E-state index in [4.69, 9.17) is 28.4 Å². The van der Waals surface area contributed by atoms with Gasteiger partial charge in [0.1, 0.15) is 11.3 Å². The summed E-state index contributed by atoms with van der Waals surface area (Å²) in [5.74, 6) is -5.89. The van der Waals surface area contributed by atoms with E-state index in [1.54, 1.807) is 50.2 Å². The highest BCUT2D eigenvalue weighted by molar-refractivity contribution is 6.01. The van der Waals surface area contributed by atoms with Gasteiger partial charge in [-0.25, -0.2) is 18.4 Å². The van der Waals surface area contributed by atoms with Gasteiger partial charge >= 0.3 is 18.0 Å². The SMILES string of the molecule is COc1c(N2CCN(C(=O)OC(C)OC(C)=O)C(C)C2)c(F)cc2c(=O)c(C(=O)OCC(=O)[C@]34OC(C)(C)O[C@H]3C[C@@H]3[C@H]5CCC6=CC(=O)C=C[C@@]6(C)[C@]5(F)[C@H](O)C[C@]34C)cn(C3CC3)c12. The van der Waals surface area contributed by atoms with E-state index in [1.807, 2.05) is 0 Å². The summed E-state index contributed by atoms with van der Waals surface area (Å²) in [6, 6.07) is 0.407. The minimum absolute atomic E-state index is 0.0603. The van der Waals surface area contributed by atoms with Crippen LogP contribution in [-0.2, 0) is 38.1 Å². The molecule has 1 aromatic heterocycles. The number of alkyl halides is 1. The van der Waals surface area contributed by atoms with Crippen molar-refractivity contribution in [3.63, 3.8) is 0 Å². The van der Waals surface area contributed by atoms with Crippen molar-refractivity contribution in [3.8, 4) is 5.75 Å². The van der Waals surface area contributed by atoms with Gasteiger partial charge in [0.15, 0.2) is 41.0 Å². The predicted octanol–water partition coefficient (Wildman–Crippen LogP) is 5.64. The molecule has 3 heterocycles. The third kappa shape index (κ3) is 6.73. The first kappa shape index (κ1) is 45.9. The number of allylic oxidation sites excluding steroid dienone is 4. The van der Waals surface area contributed by atoms with Crippen LogP contribution in [0, 0.1) is 28.5 Å². The normalized spacial score (nSPS) is 34.7. The summed E-state index contributed by atoms with van der Waals surface area (Å²) in [5, 5.41) is 11.8. The maximum Gasteiger partial charge on any atom is 0.413 e. The van der Waals surface area contributed by atoms with Crippen molar-refractivity contribution in [1.29, 1.82) is 0 Å². The third-order valence-corrected chi connectivity index (χ3v) is 15.7. The summed E-state index contributed by atoms with van der Waals surface area (Å²) < 4.78 is 70.8. The Labute approximate surface area is 380 Å². The van der Waals surface area contributed by atoms with E-state index in [9.17, 15) is 33.9 Å². The number of carbonyl (C=O) groups excluding carboxylic acids is 5. The number of pyridine rings is 1. The highest BCUT2D eigenvalue weighted by Crippen LogP contribution is 2.72. The van der Waals surface area contributed by atoms with Gasteiger partial charge in [-0.1, -0.05) is 18.6 Å². The van der Waals surface area contributed by atoms with Crippen molar-refractivity contribution in [2.45, 2.75) is 135 Å². The second-order valence-electron chi connectivity index (χ2n) is 20.0. The van der Waals surface area contributed by atoms with Crippen LogP contribution in [-0.4, -0.2) is 119 Å². The number of ether oxygens (including phenoxy) is 6. The van der Waals surface area contributed by atoms with Crippen molar-refractivity contribution < 1.29 is 66.3 Å². The molecule has 6 fully saturated rings. The van der Waals surface area contributed by atoms with Crippen molar-refractivity contribution in [1.82, 2.24) is 9.47 Å². The number of aliphatic hydroxyl groups is 1. The van der Waals surface area contributed by atoms with Crippen molar-refractivity contribution in [2.75, 3.05) is 38.3 Å². The van der Waals surface area contributed by atoms with E-state index in [0.717, 1.165) is 6.07 Å². The Kier molecular flexibility index (Phi) is 10.9. The van der Waals surface area contributed by atoms with Gasteiger partial charge in [0.25, 0.3) is 0 Å². The molecule has 1 N–H and O–H groups in total. The van der Waals surface area contributed by atoms with E-state index < -0.39 is 111 Å². The molecule has 10 atom stereocenters. The molecule has 2 aromatic rings. The second kappa shape index (κ2) is 15.7. The second-order valence-corrected chi connectivity index (χ2v) is 20.0. The summed E-state index contributed by atoms with van der Waals surface area (Å²) in [6.07, 6.45) is 3.62. The number of anilines is 1. The molecular formula is C48H57F2N3O13. The Morgan fingerprint density at radius 3 is 2.44 bits per heavy atom. The van der Waals surface area contributed by atoms with Crippen molar-refractivity contribution in [3.05, 3.63) is 57.7 Å². The van der Waals surface area contributed by atoms with Gasteiger partial charge in [-0.3, -0.25) is 19.2 Å². The van der Waals surface area contributed by atoms with E-state index in [0.29, 0.717) is 31.3 Å². The molecule has 16 nitrogen and oxygen atoms in total. The largest absolute Gasteiger partial charge is 0.492 e. The summed E-state index contributed by atoms with van der Waals surface area (Å²) >= 11 is 0. The number of esters is 2. The molecule has 2 saturated heterocycles. The molecule has 0 bridgehead atoms. The maximum absolute atomic E-state index is 17.9. The summed E-state index contributed by atoms with van der Waals surface area (Å²) in [4.78, 5) is 83.0. The zero-order valence-electron chi connectivity index (χ0n) is 38.4. The zero-order chi connectivity index (χ0) is 47.6. The highest BCUT2D eigenvalue weighted by Gasteiger charge is 2.80. The van der Waals surface area contributed by atoms with Crippen molar-refractivity contribution >= 4 is 46.2 Å². The van der Waals surface area contributed by atoms with E-state index in [-0.39, 0.29) is 66.6 Å². The fourth-order valence-electron chi connectivity index (χ4n) is 12.7. The van der Waals surface area contributed by atoms with Crippen LogP contribution in [0.4, 0.5) is 19.3 Å². The number of benzene rings is 1. The van der Waals surface area contributed by atoms with Gasteiger partial charge in [0.05, 0.1) is 30.2 Å². The molecule has 66 heavy (non-hydrogen) atoms. The lowest BCUT2D eigenvalue weighted by Gasteiger charge is -2.62. The molecule has 1 aromatic carbocycles. The lowest BCUT2D eigenvalue weighted by Crippen LogP contribution is -2.70. The number of aromatic nitrogens is 1. The van der Waals surface area contributed by atoms with Gasteiger partial charge in [0, 0.05) is 68.5 Å². The number of rotatable bonds is 9. The van der Waals surface area contributed by atoms with E-state index >= 15 is 8.78 Å². The molecule has 0 radical (unpaired) electrons. The first-order valence-corrected chi connectivity index (χ1v) is 22.8. The maximum atomic E-state index is 17.9. The van der Waals surface area contributed by atoms with Crippen LogP contribution in [0.5, 0.6) is 5.75 Å². The lowest BCUT2D eigenvalue weighted by molar-refractivity contribution is -0.246. The zero-order valence-corrected chi connectivity index (χ0v) is 38.4. The number of ketones is 2. The summed E-state index contributed by atoms with van der Waals surface area (Å²) in [6.45, 7) is 10.8. The van der Waals surface area contributed by atoms with Crippen LogP contribution in [0.1, 0.15) is 103 Å². The third-order valence-electron chi connectivity index (χ3n) is 15.7. The molecule has 2 aliphatic heterocycles. The monoisotopic (exact) mass is 921 g/mol. The first-order valence-electron chi connectivity index (χ1n) is 22.8. The molecule has 5 aliphatic carbocycles. The number of piperazine rings is 1. The number of fused-ring (bicyclic) bond motifs is 8. The Balaban J connectivity index is 0.988. The van der Waals surface area contributed by atoms with Crippen molar-refractivity contribution in [2.24, 2.45) is 22.7 Å². The minimum atomic E-state index is -2.17. The molecular weight excluding hydrogens is 865 g/mol. The Morgan fingerprint density at radius 2 is 1.77 bits per heavy atom. The molecule has 2 unspecified atom stereocenters. The first-order chi connectivity index (χ1) is 31.0.